The van der Waals surface area contributed by atoms with Crippen molar-refractivity contribution >= 4 is 39.2 Å². The summed E-state index contributed by atoms with van der Waals surface area (Å²) in [5, 5.41) is 7.15. The van der Waals surface area contributed by atoms with E-state index in [4.69, 9.17) is 16.7 Å². The van der Waals surface area contributed by atoms with Crippen LogP contribution in [0.5, 0.6) is 0 Å². The average Bonchev–Trinajstić information content (AvgIpc) is 3.29. The number of hydrazone groups is 1. The van der Waals surface area contributed by atoms with Crippen molar-refractivity contribution in [2.75, 3.05) is 32.1 Å². The molecule has 8 nitrogen and oxygen atoms in total. The van der Waals surface area contributed by atoms with Gasteiger partial charge in [-0.2, -0.15) is 12.7 Å². The molecule has 0 aliphatic carbocycles. The van der Waals surface area contributed by atoms with Gasteiger partial charge in [0.2, 0.25) is 0 Å². The van der Waals surface area contributed by atoms with E-state index in [-0.39, 0.29) is 31.0 Å². The molecule has 0 N–H and O–H groups in total. The molecule has 1 aromatic heterocycles. The normalized spacial score (nSPS) is 21.6. The van der Waals surface area contributed by atoms with Crippen LogP contribution in [0, 0.1) is 0 Å². The van der Waals surface area contributed by atoms with E-state index in [1.165, 1.54) is 0 Å². The van der Waals surface area contributed by atoms with Crippen LogP contribution in [0.15, 0.2) is 88.6 Å². The Hall–Kier alpha value is -3.41. The molecule has 0 radical (unpaired) electrons. The molecule has 0 amide bonds. The zero-order valence-electron chi connectivity index (χ0n) is 23.0. The lowest BCUT2D eigenvalue weighted by molar-refractivity contribution is -0.565. The third-order valence-electron chi connectivity index (χ3n) is 7.42. The molecule has 5 rings (SSSR count). The van der Waals surface area contributed by atoms with Crippen molar-refractivity contribution in [1.82, 2.24) is 9.31 Å². The van der Waals surface area contributed by atoms with Crippen LogP contribution in [-0.2, 0) is 10.2 Å². The number of aromatic nitrogens is 1. The Morgan fingerprint density at radius 2 is 1.63 bits per heavy atom. The van der Waals surface area contributed by atoms with Crippen molar-refractivity contribution in [3.63, 3.8) is 0 Å². The number of hydrogen-bond acceptors (Lipinski definition) is 4. The van der Waals surface area contributed by atoms with Crippen molar-refractivity contribution in [3.05, 3.63) is 95.3 Å². The number of piperidine rings is 1. The van der Waals surface area contributed by atoms with Gasteiger partial charge in [0, 0.05) is 55.1 Å². The van der Waals surface area contributed by atoms with E-state index in [1.54, 1.807) is 34.1 Å². The maximum absolute atomic E-state index is 13.8. The summed E-state index contributed by atoms with van der Waals surface area (Å²) in [5.74, 6) is -3.06. The Labute approximate surface area is 244 Å². The zero-order valence-corrected chi connectivity index (χ0v) is 24.6. The Morgan fingerprint density at radius 3 is 2.22 bits per heavy atom. The number of hydrogen-bond donors (Lipinski definition) is 0. The number of alkyl halides is 2. The lowest BCUT2D eigenvalue weighted by Crippen LogP contribution is -2.54. The van der Waals surface area contributed by atoms with Gasteiger partial charge in [0.25, 0.3) is 5.92 Å². The number of nitrogens with zero attached hydrogens (tertiary/aromatic N) is 6. The van der Waals surface area contributed by atoms with Crippen LogP contribution >= 0.6 is 11.6 Å². The van der Waals surface area contributed by atoms with Crippen molar-refractivity contribution in [2.24, 2.45) is 9.50 Å². The lowest BCUT2D eigenvalue weighted by atomic mass is 9.86. The monoisotopic (exact) mass is 601 g/mol. The fourth-order valence-electron chi connectivity index (χ4n) is 5.08. The number of rotatable bonds is 5. The summed E-state index contributed by atoms with van der Waals surface area (Å²) in [6.45, 7) is 1.35. The fourth-order valence-corrected chi connectivity index (χ4v) is 6.35. The largest absolute Gasteiger partial charge is 0.436 e. The summed E-state index contributed by atoms with van der Waals surface area (Å²) in [6.07, 6.45) is 2.34. The summed E-state index contributed by atoms with van der Waals surface area (Å²) in [5.41, 5.74) is 3.48. The van der Waals surface area contributed by atoms with Gasteiger partial charge in [-0.15, -0.1) is 10.1 Å². The summed E-state index contributed by atoms with van der Waals surface area (Å²) >= 11 is 6.16. The molecule has 2 aromatic carbocycles. The minimum absolute atomic E-state index is 0.0463. The highest BCUT2D eigenvalue weighted by atomic mass is 35.5. The maximum atomic E-state index is 13.8. The lowest BCUT2D eigenvalue weighted by Gasteiger charge is -2.28. The van der Waals surface area contributed by atoms with Gasteiger partial charge in [0.15, 0.2) is 0 Å². The van der Waals surface area contributed by atoms with E-state index >= 15 is 0 Å². The molecular weight excluding hydrogens is 570 g/mol. The smallest absolute Gasteiger partial charge is 0.377 e. The Balaban J connectivity index is 1.63. The van der Waals surface area contributed by atoms with Gasteiger partial charge < -0.3 is 4.90 Å². The van der Waals surface area contributed by atoms with Gasteiger partial charge in [0.05, 0.1) is 24.0 Å². The molecule has 2 atom stereocenters. The zero-order chi connectivity index (χ0) is 29.4. The van der Waals surface area contributed by atoms with Crippen molar-refractivity contribution in [1.29, 1.82) is 0 Å². The minimum atomic E-state index is -4.31. The van der Waals surface area contributed by atoms with Crippen molar-refractivity contribution in [2.45, 2.75) is 37.6 Å². The van der Waals surface area contributed by atoms with E-state index in [9.17, 15) is 17.2 Å². The molecule has 1 fully saturated rings. The average molecular weight is 602 g/mol. The molecule has 2 aliphatic rings. The van der Waals surface area contributed by atoms with E-state index < -0.39 is 29.0 Å². The van der Waals surface area contributed by atoms with Crippen LogP contribution in [0.4, 0.5) is 14.5 Å². The Bertz CT molecular complexity index is 1540. The predicted octanol–water partition coefficient (Wildman–Crippen LogP) is 4.77. The van der Waals surface area contributed by atoms with Crippen LogP contribution in [-0.4, -0.2) is 68.6 Å². The molecule has 3 aromatic rings. The second-order valence-electron chi connectivity index (χ2n) is 10.4. The van der Waals surface area contributed by atoms with Gasteiger partial charge in [-0.1, -0.05) is 54.1 Å². The number of halogens is 3. The third kappa shape index (κ3) is 6.27. The number of pyridine rings is 1. The van der Waals surface area contributed by atoms with E-state index in [0.29, 0.717) is 5.02 Å². The molecule has 0 bridgehead atoms. The molecule has 0 spiro atoms. The van der Waals surface area contributed by atoms with Crippen LogP contribution in [0.3, 0.4) is 0 Å². The molecule has 216 valence electrons. The first-order valence-electron chi connectivity index (χ1n) is 13.3. The van der Waals surface area contributed by atoms with Gasteiger partial charge in [-0.25, -0.2) is 13.3 Å². The van der Waals surface area contributed by atoms with Crippen LogP contribution in [0.1, 0.15) is 36.8 Å². The van der Waals surface area contributed by atoms with Gasteiger partial charge in [-0.3, -0.25) is 0 Å². The molecule has 12 heteroatoms. The summed E-state index contributed by atoms with van der Waals surface area (Å²) in [4.78, 5) is 1.92. The minimum Gasteiger partial charge on any atom is -0.377 e. The molecule has 41 heavy (non-hydrogen) atoms. The predicted molar refractivity (Wildman–Crippen MR) is 157 cm³/mol. The number of anilines is 1. The first-order valence-corrected chi connectivity index (χ1v) is 15.1. The number of benzene rings is 2. The van der Waals surface area contributed by atoms with Gasteiger partial charge >= 0.3 is 16.2 Å². The highest BCUT2D eigenvalue weighted by Crippen LogP contribution is 2.35. The second-order valence-corrected chi connectivity index (χ2v) is 12.5. The van der Waals surface area contributed by atoms with Crippen molar-refractivity contribution in [3.8, 4) is 0 Å². The maximum Gasteiger partial charge on any atom is 0.436 e. The molecular formula is C29H32ClF2N6O2S+. The highest BCUT2D eigenvalue weighted by molar-refractivity contribution is 7.87. The van der Waals surface area contributed by atoms with Crippen LogP contribution < -0.4 is 9.47 Å². The van der Waals surface area contributed by atoms with Crippen LogP contribution in [0.25, 0.3) is 0 Å². The molecule has 3 heterocycles. The molecule has 0 saturated carbocycles. The van der Waals surface area contributed by atoms with Crippen molar-refractivity contribution < 1.29 is 21.8 Å². The fraction of sp³-hybridized carbons (Fsp3) is 0.345. The summed E-state index contributed by atoms with van der Waals surface area (Å²) < 4.78 is 61.6. The molecule has 2 aliphatic heterocycles. The van der Waals surface area contributed by atoms with Gasteiger partial charge in [0.1, 0.15) is 6.04 Å². The summed E-state index contributed by atoms with van der Waals surface area (Å²) in [6, 6.07) is 20.5. The third-order valence-corrected chi connectivity index (χ3v) is 9.08. The van der Waals surface area contributed by atoms with E-state index in [2.05, 4.69) is 4.40 Å². The van der Waals surface area contributed by atoms with Crippen LogP contribution in [0.2, 0.25) is 5.02 Å². The van der Waals surface area contributed by atoms with Gasteiger partial charge in [-0.05, 0) is 42.3 Å². The first-order chi connectivity index (χ1) is 19.4. The molecule has 2 unspecified atom stereocenters. The molecule has 1 saturated heterocycles. The first kappa shape index (κ1) is 29.1. The standard InChI is InChI=1S/C29H32ClF2N6O2S/c1-21-26(22-7-5-4-6-8-22)27(23-9-11-24(30)12-10-23)33-38(21)28(36-17-13-25(14-18-36)35(2)3)34-41(39,40)37-19-15-29(31,32)16-20-37/h4-14,17-18,21,26H,15-16,19-20H2,1-3H3/q+1/b34-28-. The SMILES string of the molecule is CC1C(c2ccccc2)C(c2ccc(Cl)cc2)=NN1/C(=N\S(=O)(=O)N1CCC(F)(F)CC1)[n+]1ccc(N(C)C)cc1. The quantitative estimate of drug-likeness (QED) is 0.240. The Morgan fingerprint density at radius 1 is 1.02 bits per heavy atom. The Kier molecular flexibility index (Phi) is 8.13. The topological polar surface area (TPSA) is 72.5 Å². The van der Waals surface area contributed by atoms with E-state index in [0.717, 1.165) is 26.8 Å². The summed E-state index contributed by atoms with van der Waals surface area (Å²) in [7, 11) is -0.502. The highest BCUT2D eigenvalue weighted by Gasteiger charge is 2.46. The van der Waals surface area contributed by atoms with E-state index in [1.807, 2.05) is 80.5 Å². The second kappa shape index (κ2) is 11.5.